The van der Waals surface area contributed by atoms with Crippen LogP contribution < -0.4 is 4.74 Å². The summed E-state index contributed by atoms with van der Waals surface area (Å²) in [4.78, 5) is 5.32. The molecular formula is C15H14N4OS. The highest BCUT2D eigenvalue weighted by Gasteiger charge is 2.18. The molecule has 5 nitrogen and oxygen atoms in total. The predicted octanol–water partition coefficient (Wildman–Crippen LogP) is 3.46. The van der Waals surface area contributed by atoms with Crippen LogP contribution in [-0.4, -0.2) is 21.7 Å². The Balaban J connectivity index is 2.14. The molecule has 6 heteroatoms. The molecule has 106 valence electrons. The number of methoxy groups -OCH3 is 1. The molecule has 0 spiro atoms. The number of ether oxygens (including phenoxy) is 1. The SMILES string of the molecule is COc1ccc(-c2nc3sc(C(C)C)nn3c2C#N)cc1. The van der Waals surface area contributed by atoms with Gasteiger partial charge in [-0.2, -0.15) is 14.9 Å². The van der Waals surface area contributed by atoms with Crippen molar-refractivity contribution in [1.82, 2.24) is 14.6 Å². The van der Waals surface area contributed by atoms with E-state index in [4.69, 9.17) is 4.74 Å². The minimum atomic E-state index is 0.327. The maximum absolute atomic E-state index is 9.44. The van der Waals surface area contributed by atoms with Gasteiger partial charge < -0.3 is 4.74 Å². The fraction of sp³-hybridized carbons (Fsp3) is 0.267. The van der Waals surface area contributed by atoms with Crippen molar-refractivity contribution in [2.45, 2.75) is 19.8 Å². The number of nitriles is 1. The van der Waals surface area contributed by atoms with Crippen LogP contribution in [0.4, 0.5) is 0 Å². The summed E-state index contributed by atoms with van der Waals surface area (Å²) in [6.45, 7) is 4.16. The van der Waals surface area contributed by atoms with Crippen molar-refractivity contribution in [1.29, 1.82) is 5.26 Å². The van der Waals surface area contributed by atoms with E-state index in [9.17, 15) is 5.26 Å². The summed E-state index contributed by atoms with van der Waals surface area (Å²) in [7, 11) is 1.62. The fourth-order valence-electron chi connectivity index (χ4n) is 2.05. The Hall–Kier alpha value is -2.39. The topological polar surface area (TPSA) is 63.2 Å². The predicted molar refractivity (Wildman–Crippen MR) is 81.7 cm³/mol. The minimum absolute atomic E-state index is 0.327. The molecule has 21 heavy (non-hydrogen) atoms. The molecular weight excluding hydrogens is 284 g/mol. The first kappa shape index (κ1) is 13.6. The quantitative estimate of drug-likeness (QED) is 0.743. The number of rotatable bonds is 3. The molecule has 0 aliphatic heterocycles. The summed E-state index contributed by atoms with van der Waals surface area (Å²) >= 11 is 1.52. The zero-order valence-electron chi connectivity index (χ0n) is 12.0. The number of imidazole rings is 1. The molecule has 0 aliphatic rings. The number of benzene rings is 1. The normalized spacial score (nSPS) is 11.0. The maximum atomic E-state index is 9.44. The van der Waals surface area contributed by atoms with Gasteiger partial charge in [-0.05, 0) is 24.3 Å². The van der Waals surface area contributed by atoms with Gasteiger partial charge >= 0.3 is 0 Å². The van der Waals surface area contributed by atoms with Gasteiger partial charge in [0.25, 0.3) is 0 Å². The molecule has 0 fully saturated rings. The van der Waals surface area contributed by atoms with Gasteiger partial charge in [-0.25, -0.2) is 4.98 Å². The molecule has 0 atom stereocenters. The number of fused-ring (bicyclic) bond motifs is 1. The Kier molecular flexibility index (Phi) is 3.35. The van der Waals surface area contributed by atoms with E-state index in [0.29, 0.717) is 17.3 Å². The first-order valence-corrected chi connectivity index (χ1v) is 7.39. The zero-order valence-corrected chi connectivity index (χ0v) is 12.8. The average Bonchev–Trinajstić information content (AvgIpc) is 3.04. The molecule has 3 aromatic rings. The summed E-state index contributed by atoms with van der Waals surface area (Å²) in [6.07, 6.45) is 0. The van der Waals surface area contributed by atoms with Crippen LogP contribution in [0.2, 0.25) is 0 Å². The van der Waals surface area contributed by atoms with Gasteiger partial charge in [0.2, 0.25) is 4.96 Å². The molecule has 0 amide bonds. The third kappa shape index (κ3) is 2.26. The molecule has 0 unspecified atom stereocenters. The van der Waals surface area contributed by atoms with Crippen LogP contribution in [0.5, 0.6) is 5.75 Å². The van der Waals surface area contributed by atoms with Gasteiger partial charge in [-0.15, -0.1) is 0 Å². The molecule has 3 rings (SSSR count). The van der Waals surface area contributed by atoms with Crippen LogP contribution in [0.1, 0.15) is 30.5 Å². The number of hydrogen-bond acceptors (Lipinski definition) is 5. The Bertz CT molecular complexity index is 824. The Morgan fingerprint density at radius 3 is 2.57 bits per heavy atom. The van der Waals surface area contributed by atoms with Crippen LogP contribution in [0, 0.1) is 11.3 Å². The monoisotopic (exact) mass is 298 g/mol. The number of aromatic nitrogens is 3. The fourth-order valence-corrected chi connectivity index (χ4v) is 2.95. The molecule has 0 saturated carbocycles. The standard InChI is InChI=1S/C15H14N4OS/c1-9(2)14-18-19-12(8-16)13(17-15(19)21-14)10-4-6-11(20-3)7-5-10/h4-7,9H,1-3H3. The van der Waals surface area contributed by atoms with Crippen LogP contribution >= 0.6 is 11.3 Å². The lowest BCUT2D eigenvalue weighted by atomic mass is 10.1. The van der Waals surface area contributed by atoms with Crippen molar-refractivity contribution in [3.05, 3.63) is 35.0 Å². The van der Waals surface area contributed by atoms with E-state index < -0.39 is 0 Å². The van der Waals surface area contributed by atoms with Crippen molar-refractivity contribution >= 4 is 16.3 Å². The lowest BCUT2D eigenvalue weighted by molar-refractivity contribution is 0.415. The van der Waals surface area contributed by atoms with Crippen molar-refractivity contribution in [2.24, 2.45) is 0 Å². The Morgan fingerprint density at radius 2 is 2.00 bits per heavy atom. The smallest absolute Gasteiger partial charge is 0.214 e. The van der Waals surface area contributed by atoms with Gasteiger partial charge in [0, 0.05) is 11.5 Å². The second-order valence-corrected chi connectivity index (χ2v) is 5.93. The molecule has 0 N–H and O–H groups in total. The summed E-state index contributed by atoms with van der Waals surface area (Å²) in [6, 6.07) is 9.72. The van der Waals surface area contributed by atoms with Crippen molar-refractivity contribution in [2.75, 3.05) is 7.11 Å². The highest BCUT2D eigenvalue weighted by Crippen LogP contribution is 2.29. The van der Waals surface area contributed by atoms with Gasteiger partial charge in [0.05, 0.1) is 7.11 Å². The van der Waals surface area contributed by atoms with E-state index in [1.807, 2.05) is 24.3 Å². The average molecular weight is 298 g/mol. The maximum Gasteiger partial charge on any atom is 0.214 e. The Morgan fingerprint density at radius 1 is 1.29 bits per heavy atom. The largest absolute Gasteiger partial charge is 0.497 e. The van der Waals surface area contributed by atoms with E-state index in [-0.39, 0.29) is 0 Å². The molecule has 0 radical (unpaired) electrons. The van der Waals surface area contributed by atoms with E-state index in [0.717, 1.165) is 21.3 Å². The van der Waals surface area contributed by atoms with Gasteiger partial charge in [-0.1, -0.05) is 25.2 Å². The molecule has 0 saturated heterocycles. The second kappa shape index (κ2) is 5.19. The third-order valence-electron chi connectivity index (χ3n) is 3.18. The molecule has 1 aromatic carbocycles. The number of nitrogens with zero attached hydrogens (tertiary/aromatic N) is 4. The summed E-state index contributed by atoms with van der Waals surface area (Å²) in [5.74, 6) is 1.10. The highest BCUT2D eigenvalue weighted by atomic mass is 32.1. The summed E-state index contributed by atoms with van der Waals surface area (Å²) in [5, 5.41) is 14.9. The van der Waals surface area contributed by atoms with Gasteiger partial charge in [0.15, 0.2) is 5.69 Å². The molecule has 2 aromatic heterocycles. The molecule has 2 heterocycles. The van der Waals surface area contributed by atoms with Crippen LogP contribution in [0.3, 0.4) is 0 Å². The van der Waals surface area contributed by atoms with Gasteiger partial charge in [-0.3, -0.25) is 0 Å². The summed E-state index contributed by atoms with van der Waals surface area (Å²) in [5.41, 5.74) is 2.02. The van der Waals surface area contributed by atoms with Crippen LogP contribution in [-0.2, 0) is 0 Å². The lowest BCUT2D eigenvalue weighted by Gasteiger charge is -2.01. The summed E-state index contributed by atoms with van der Waals surface area (Å²) < 4.78 is 6.79. The van der Waals surface area contributed by atoms with Crippen molar-refractivity contribution < 1.29 is 4.74 Å². The van der Waals surface area contributed by atoms with Crippen molar-refractivity contribution in [3.8, 4) is 23.1 Å². The van der Waals surface area contributed by atoms with Crippen molar-refractivity contribution in [3.63, 3.8) is 0 Å². The second-order valence-electron chi connectivity index (χ2n) is 4.94. The van der Waals surface area contributed by atoms with E-state index in [2.05, 4.69) is 30.0 Å². The van der Waals surface area contributed by atoms with Crippen LogP contribution in [0.15, 0.2) is 24.3 Å². The highest BCUT2D eigenvalue weighted by molar-refractivity contribution is 7.16. The van der Waals surface area contributed by atoms with E-state index >= 15 is 0 Å². The van der Waals surface area contributed by atoms with Crippen LogP contribution in [0.25, 0.3) is 16.2 Å². The first-order chi connectivity index (χ1) is 10.1. The Labute approximate surface area is 126 Å². The number of hydrogen-bond donors (Lipinski definition) is 0. The van der Waals surface area contributed by atoms with E-state index in [1.54, 1.807) is 11.6 Å². The zero-order chi connectivity index (χ0) is 15.0. The first-order valence-electron chi connectivity index (χ1n) is 6.58. The lowest BCUT2D eigenvalue weighted by Crippen LogP contribution is -1.93. The third-order valence-corrected chi connectivity index (χ3v) is 4.39. The van der Waals surface area contributed by atoms with Gasteiger partial charge in [0.1, 0.15) is 22.5 Å². The van der Waals surface area contributed by atoms with E-state index in [1.165, 1.54) is 11.3 Å². The molecule has 0 bridgehead atoms. The minimum Gasteiger partial charge on any atom is -0.497 e. The molecule has 0 aliphatic carbocycles.